The predicted molar refractivity (Wildman–Crippen MR) is 124 cm³/mol. The Morgan fingerprint density at radius 1 is 1.26 bits per heavy atom. The molecule has 35 heavy (non-hydrogen) atoms. The first-order chi connectivity index (χ1) is 16.8. The Hall–Kier alpha value is -2.99. The van der Waals surface area contributed by atoms with E-state index < -0.39 is 11.7 Å². The number of alkyl halides is 3. The summed E-state index contributed by atoms with van der Waals surface area (Å²) in [6.07, 6.45) is 0.522. The summed E-state index contributed by atoms with van der Waals surface area (Å²) in [5, 5.41) is 9.00. The van der Waals surface area contributed by atoms with Crippen molar-refractivity contribution in [1.82, 2.24) is 25.2 Å². The lowest BCUT2D eigenvalue weighted by molar-refractivity contribution is -0.137. The number of nitrogens with one attached hydrogen (secondary N) is 3. The number of nitrogens with zero attached hydrogens (tertiary/aromatic N) is 4. The van der Waals surface area contributed by atoms with Gasteiger partial charge in [0.2, 0.25) is 11.9 Å². The number of aromatic nitrogens is 3. The van der Waals surface area contributed by atoms with Crippen LogP contribution in [0, 0.1) is 6.92 Å². The summed E-state index contributed by atoms with van der Waals surface area (Å²) in [6, 6.07) is 1.88. The number of hydrogen-bond acceptors (Lipinski definition) is 8. The molecule has 2 aliphatic heterocycles. The molecular formula is C23H30F3N7O2. The number of pyridine rings is 1. The first-order valence-corrected chi connectivity index (χ1v) is 11.8. The Morgan fingerprint density at radius 2 is 2.11 bits per heavy atom. The van der Waals surface area contributed by atoms with Gasteiger partial charge in [-0.05, 0) is 37.8 Å². The first kappa shape index (κ1) is 25.1. The summed E-state index contributed by atoms with van der Waals surface area (Å²) < 4.78 is 46.3. The van der Waals surface area contributed by atoms with E-state index in [2.05, 4.69) is 30.9 Å². The van der Waals surface area contributed by atoms with E-state index in [1.54, 1.807) is 11.1 Å². The third-order valence-electron chi connectivity index (χ3n) is 6.05. The highest BCUT2D eigenvalue weighted by Gasteiger charge is 2.35. The van der Waals surface area contributed by atoms with Crippen LogP contribution in [0.1, 0.15) is 48.6 Å². The van der Waals surface area contributed by atoms with E-state index in [1.807, 2.05) is 13.0 Å². The fourth-order valence-corrected chi connectivity index (χ4v) is 4.12. The second kappa shape index (κ2) is 11.2. The van der Waals surface area contributed by atoms with Crippen LogP contribution in [-0.4, -0.2) is 65.1 Å². The van der Waals surface area contributed by atoms with Crippen LogP contribution in [0.15, 0.2) is 18.5 Å². The van der Waals surface area contributed by atoms with Crippen molar-refractivity contribution in [3.8, 4) is 0 Å². The minimum Gasteiger partial charge on any atom is -0.369 e. The number of piperidine rings is 1. The van der Waals surface area contributed by atoms with Crippen LogP contribution in [0.3, 0.4) is 0 Å². The number of halogens is 3. The second-order valence-corrected chi connectivity index (χ2v) is 8.68. The van der Waals surface area contributed by atoms with E-state index in [0.29, 0.717) is 44.8 Å². The molecule has 3 N–H and O–H groups in total. The van der Waals surface area contributed by atoms with Crippen molar-refractivity contribution in [2.24, 2.45) is 0 Å². The molecule has 1 amide bonds. The molecule has 2 aromatic heterocycles. The molecule has 0 saturated carbocycles. The summed E-state index contributed by atoms with van der Waals surface area (Å²) in [5.41, 5.74) is 1.27. The van der Waals surface area contributed by atoms with Gasteiger partial charge in [-0.1, -0.05) is 0 Å². The van der Waals surface area contributed by atoms with Crippen LogP contribution >= 0.6 is 0 Å². The first-order valence-electron chi connectivity index (χ1n) is 11.8. The third-order valence-corrected chi connectivity index (χ3v) is 6.05. The summed E-state index contributed by atoms with van der Waals surface area (Å²) in [6.45, 7) is 5.39. The molecule has 0 spiro atoms. The number of aryl methyl sites for hydroxylation is 1. The van der Waals surface area contributed by atoms with Crippen molar-refractivity contribution in [3.05, 3.63) is 35.3 Å². The Bertz CT molecular complexity index is 1030. The molecule has 2 aliphatic rings. The van der Waals surface area contributed by atoms with E-state index in [1.165, 1.54) is 0 Å². The largest absolute Gasteiger partial charge is 0.421 e. The van der Waals surface area contributed by atoms with Crippen molar-refractivity contribution in [1.29, 1.82) is 0 Å². The van der Waals surface area contributed by atoms with Crippen molar-refractivity contribution in [2.45, 2.75) is 44.9 Å². The molecule has 190 valence electrons. The normalized spacial score (nSPS) is 19.0. The maximum atomic E-state index is 13.5. The van der Waals surface area contributed by atoms with E-state index in [-0.39, 0.29) is 30.3 Å². The minimum absolute atomic E-state index is 0.0277. The zero-order chi connectivity index (χ0) is 24.8. The molecule has 0 radical (unpaired) electrons. The van der Waals surface area contributed by atoms with Crippen LogP contribution in [-0.2, 0) is 15.7 Å². The van der Waals surface area contributed by atoms with Crippen molar-refractivity contribution in [3.63, 3.8) is 0 Å². The number of carbonyl (C=O) groups is 1. The molecule has 0 aromatic carbocycles. The van der Waals surface area contributed by atoms with E-state index in [9.17, 15) is 18.0 Å². The molecule has 0 bridgehead atoms. The van der Waals surface area contributed by atoms with Gasteiger partial charge in [0.15, 0.2) is 0 Å². The van der Waals surface area contributed by atoms with Gasteiger partial charge in [-0.2, -0.15) is 18.2 Å². The van der Waals surface area contributed by atoms with E-state index >= 15 is 0 Å². The molecule has 1 unspecified atom stereocenters. The molecule has 12 heteroatoms. The highest BCUT2D eigenvalue weighted by atomic mass is 19.4. The van der Waals surface area contributed by atoms with Crippen LogP contribution in [0.5, 0.6) is 0 Å². The van der Waals surface area contributed by atoms with Crippen LogP contribution < -0.4 is 16.0 Å². The Kier molecular flexibility index (Phi) is 8.01. The molecule has 2 saturated heterocycles. The minimum atomic E-state index is -4.60. The average molecular weight is 494 g/mol. The van der Waals surface area contributed by atoms with Gasteiger partial charge in [-0.15, -0.1) is 0 Å². The Balaban J connectivity index is 1.42. The van der Waals surface area contributed by atoms with Gasteiger partial charge in [0, 0.05) is 45.3 Å². The zero-order valence-corrected chi connectivity index (χ0v) is 19.6. The summed E-state index contributed by atoms with van der Waals surface area (Å²) in [5.74, 6) is -0.175. The van der Waals surface area contributed by atoms with E-state index in [4.69, 9.17) is 4.74 Å². The van der Waals surface area contributed by atoms with E-state index in [0.717, 1.165) is 36.8 Å². The van der Waals surface area contributed by atoms with Gasteiger partial charge in [0.25, 0.3) is 0 Å². The van der Waals surface area contributed by atoms with Crippen LogP contribution in [0.4, 0.5) is 30.6 Å². The SMILES string of the molecule is Cc1cc(C2CNCCO2)ncc1Nc1ncc(C(F)(F)F)c(NCCCN2CCCCC2=O)n1. The van der Waals surface area contributed by atoms with Crippen molar-refractivity contribution in [2.75, 3.05) is 50.0 Å². The van der Waals surface area contributed by atoms with Crippen LogP contribution in [0.2, 0.25) is 0 Å². The van der Waals surface area contributed by atoms with Gasteiger partial charge >= 0.3 is 6.18 Å². The number of carbonyl (C=O) groups excluding carboxylic acids is 1. The molecular weight excluding hydrogens is 463 g/mol. The van der Waals surface area contributed by atoms with Crippen molar-refractivity contribution < 1.29 is 22.7 Å². The van der Waals surface area contributed by atoms with Gasteiger partial charge in [-0.25, -0.2) is 4.98 Å². The molecule has 2 fully saturated rings. The van der Waals surface area contributed by atoms with Gasteiger partial charge in [0.1, 0.15) is 17.5 Å². The lowest BCUT2D eigenvalue weighted by atomic mass is 10.1. The standard InChI is InChI=1S/C23H30F3N7O2/c1-15-11-17(19-14-27-7-10-35-19)29-13-18(15)31-22-30-12-16(23(24,25)26)21(32-22)28-6-4-9-33-8-3-2-5-20(33)34/h11-13,19,27H,2-10,14H2,1H3,(H2,28,30,31,32). The number of amides is 1. The second-order valence-electron chi connectivity index (χ2n) is 8.68. The number of ether oxygens (including phenoxy) is 1. The van der Waals surface area contributed by atoms with Crippen LogP contribution in [0.25, 0.3) is 0 Å². The average Bonchev–Trinajstić information content (AvgIpc) is 2.84. The molecule has 1 atom stereocenters. The Labute approximate surface area is 201 Å². The fraction of sp³-hybridized carbons (Fsp3) is 0.565. The lowest BCUT2D eigenvalue weighted by Crippen LogP contribution is -2.36. The number of anilines is 3. The molecule has 0 aliphatic carbocycles. The Morgan fingerprint density at radius 3 is 2.83 bits per heavy atom. The number of morpholine rings is 1. The highest BCUT2D eigenvalue weighted by molar-refractivity contribution is 5.76. The molecule has 2 aromatic rings. The number of hydrogen-bond donors (Lipinski definition) is 3. The third kappa shape index (κ3) is 6.57. The van der Waals surface area contributed by atoms with Crippen molar-refractivity contribution >= 4 is 23.4 Å². The van der Waals surface area contributed by atoms with Gasteiger partial charge in [0.05, 0.1) is 24.2 Å². The number of likely N-dealkylation sites (tertiary alicyclic amines) is 1. The topological polar surface area (TPSA) is 104 Å². The molecule has 4 rings (SSSR count). The highest BCUT2D eigenvalue weighted by Crippen LogP contribution is 2.34. The summed E-state index contributed by atoms with van der Waals surface area (Å²) >= 11 is 0. The maximum Gasteiger partial charge on any atom is 0.421 e. The number of rotatable bonds is 8. The fourth-order valence-electron chi connectivity index (χ4n) is 4.12. The molecule has 4 heterocycles. The lowest BCUT2D eigenvalue weighted by Gasteiger charge is -2.26. The predicted octanol–water partition coefficient (Wildman–Crippen LogP) is 3.42. The smallest absolute Gasteiger partial charge is 0.369 e. The zero-order valence-electron chi connectivity index (χ0n) is 19.6. The molecule has 9 nitrogen and oxygen atoms in total. The summed E-state index contributed by atoms with van der Waals surface area (Å²) in [4.78, 5) is 26.1. The van der Waals surface area contributed by atoms with Gasteiger partial charge in [-0.3, -0.25) is 9.78 Å². The quantitative estimate of drug-likeness (QED) is 0.481. The summed E-state index contributed by atoms with van der Waals surface area (Å²) in [7, 11) is 0. The van der Waals surface area contributed by atoms with Gasteiger partial charge < -0.3 is 25.6 Å². The maximum absolute atomic E-state index is 13.5. The monoisotopic (exact) mass is 493 g/mol.